The Morgan fingerprint density at radius 3 is 2.42 bits per heavy atom. The van der Waals surface area contributed by atoms with Crippen LogP contribution in [0.3, 0.4) is 0 Å². The van der Waals surface area contributed by atoms with Gasteiger partial charge >= 0.3 is 5.97 Å². The van der Waals surface area contributed by atoms with E-state index in [0.717, 1.165) is 5.57 Å². The molecule has 0 fully saturated rings. The third-order valence-corrected chi connectivity index (χ3v) is 1.06. The predicted octanol–water partition coefficient (Wildman–Crippen LogP) is 1.36. The SMILES string of the molecule is CC(C)=CCOC(=O)/C=C(/C)N. The van der Waals surface area contributed by atoms with Gasteiger partial charge in [0.1, 0.15) is 6.61 Å². The van der Waals surface area contributed by atoms with Crippen molar-refractivity contribution < 1.29 is 9.53 Å². The number of ether oxygens (including phenoxy) is 1. The molecule has 0 amide bonds. The Hall–Kier alpha value is -1.25. The van der Waals surface area contributed by atoms with E-state index in [0.29, 0.717) is 12.3 Å². The monoisotopic (exact) mass is 169 g/mol. The van der Waals surface area contributed by atoms with Crippen molar-refractivity contribution in [2.75, 3.05) is 6.61 Å². The Morgan fingerprint density at radius 2 is 2.00 bits per heavy atom. The van der Waals surface area contributed by atoms with Crippen LogP contribution in [-0.2, 0) is 9.53 Å². The highest BCUT2D eigenvalue weighted by molar-refractivity contribution is 5.82. The van der Waals surface area contributed by atoms with Gasteiger partial charge in [0, 0.05) is 11.8 Å². The first-order valence-electron chi connectivity index (χ1n) is 3.76. The molecule has 0 unspecified atom stereocenters. The lowest BCUT2D eigenvalue weighted by Crippen LogP contribution is -2.04. The van der Waals surface area contributed by atoms with Crippen LogP contribution >= 0.6 is 0 Å². The van der Waals surface area contributed by atoms with E-state index in [2.05, 4.69) is 0 Å². The highest BCUT2D eigenvalue weighted by atomic mass is 16.5. The third kappa shape index (κ3) is 6.86. The molecule has 12 heavy (non-hydrogen) atoms. The molecule has 0 saturated heterocycles. The van der Waals surface area contributed by atoms with Gasteiger partial charge in [-0.1, -0.05) is 5.57 Å². The van der Waals surface area contributed by atoms with Crippen LogP contribution in [0.4, 0.5) is 0 Å². The highest BCUT2D eigenvalue weighted by Gasteiger charge is 1.94. The van der Waals surface area contributed by atoms with Crippen LogP contribution in [0.5, 0.6) is 0 Å². The number of carbonyl (C=O) groups is 1. The fourth-order valence-electron chi connectivity index (χ4n) is 0.518. The molecule has 0 aromatic carbocycles. The number of hydrogen-bond acceptors (Lipinski definition) is 3. The quantitative estimate of drug-likeness (QED) is 0.394. The molecule has 0 heterocycles. The molecular formula is C9H15NO2. The largest absolute Gasteiger partial charge is 0.458 e. The van der Waals surface area contributed by atoms with Gasteiger partial charge in [-0.2, -0.15) is 0 Å². The van der Waals surface area contributed by atoms with Crippen LogP contribution < -0.4 is 5.73 Å². The lowest BCUT2D eigenvalue weighted by atomic mass is 10.3. The second-order valence-corrected chi connectivity index (χ2v) is 2.80. The summed E-state index contributed by atoms with van der Waals surface area (Å²) in [6.45, 7) is 5.84. The molecule has 0 aliphatic heterocycles. The number of carbonyl (C=O) groups excluding carboxylic acids is 1. The summed E-state index contributed by atoms with van der Waals surface area (Å²) in [7, 11) is 0. The molecule has 0 aromatic rings. The first-order chi connectivity index (χ1) is 5.52. The van der Waals surface area contributed by atoms with E-state index in [1.54, 1.807) is 6.92 Å². The highest BCUT2D eigenvalue weighted by Crippen LogP contribution is 1.90. The van der Waals surface area contributed by atoms with Crippen molar-refractivity contribution in [3.05, 3.63) is 23.4 Å². The van der Waals surface area contributed by atoms with Crippen molar-refractivity contribution in [3.63, 3.8) is 0 Å². The minimum absolute atomic E-state index is 0.310. The van der Waals surface area contributed by atoms with E-state index in [1.807, 2.05) is 19.9 Å². The molecule has 3 nitrogen and oxygen atoms in total. The molecule has 68 valence electrons. The van der Waals surface area contributed by atoms with Crippen LogP contribution in [-0.4, -0.2) is 12.6 Å². The topological polar surface area (TPSA) is 52.3 Å². The zero-order valence-electron chi connectivity index (χ0n) is 7.76. The average molecular weight is 169 g/mol. The van der Waals surface area contributed by atoms with Gasteiger partial charge in [-0.05, 0) is 26.8 Å². The van der Waals surface area contributed by atoms with Crippen molar-refractivity contribution in [2.45, 2.75) is 20.8 Å². The van der Waals surface area contributed by atoms with Crippen molar-refractivity contribution in [1.82, 2.24) is 0 Å². The normalized spacial score (nSPS) is 10.8. The Kier molecular flexibility index (Phi) is 4.84. The molecule has 3 heteroatoms. The standard InChI is InChI=1S/C9H15NO2/c1-7(2)4-5-12-9(11)6-8(3)10/h4,6H,5,10H2,1-3H3/b8-6-. The first-order valence-corrected chi connectivity index (χ1v) is 3.76. The fourth-order valence-corrected chi connectivity index (χ4v) is 0.518. The number of nitrogens with two attached hydrogens (primary N) is 1. The van der Waals surface area contributed by atoms with Crippen molar-refractivity contribution in [1.29, 1.82) is 0 Å². The molecule has 0 atom stereocenters. The van der Waals surface area contributed by atoms with E-state index >= 15 is 0 Å². The van der Waals surface area contributed by atoms with E-state index in [4.69, 9.17) is 10.5 Å². The second-order valence-electron chi connectivity index (χ2n) is 2.80. The van der Waals surface area contributed by atoms with Gasteiger partial charge in [0.2, 0.25) is 0 Å². The summed E-state index contributed by atoms with van der Waals surface area (Å²) in [6, 6.07) is 0. The Bertz CT molecular complexity index is 209. The number of rotatable bonds is 3. The summed E-state index contributed by atoms with van der Waals surface area (Å²) in [6.07, 6.45) is 3.09. The molecule has 0 aliphatic rings. The smallest absolute Gasteiger partial charge is 0.332 e. The van der Waals surface area contributed by atoms with Gasteiger partial charge in [-0.15, -0.1) is 0 Å². The Balaban J connectivity index is 3.74. The molecule has 0 bridgehead atoms. The van der Waals surface area contributed by atoms with Gasteiger partial charge in [-0.25, -0.2) is 4.79 Å². The van der Waals surface area contributed by atoms with E-state index in [1.165, 1.54) is 6.08 Å². The molecule has 0 rings (SSSR count). The third-order valence-electron chi connectivity index (χ3n) is 1.06. The van der Waals surface area contributed by atoms with Crippen LogP contribution in [0.15, 0.2) is 23.4 Å². The maximum Gasteiger partial charge on any atom is 0.332 e. The van der Waals surface area contributed by atoms with Crippen LogP contribution in [0.1, 0.15) is 20.8 Å². The summed E-state index contributed by atoms with van der Waals surface area (Å²) in [5.74, 6) is -0.396. The summed E-state index contributed by atoms with van der Waals surface area (Å²) < 4.78 is 4.79. The van der Waals surface area contributed by atoms with Crippen molar-refractivity contribution in [2.24, 2.45) is 5.73 Å². The van der Waals surface area contributed by atoms with Crippen LogP contribution in [0, 0.1) is 0 Å². The van der Waals surface area contributed by atoms with Gasteiger partial charge < -0.3 is 10.5 Å². The van der Waals surface area contributed by atoms with Crippen LogP contribution in [0.25, 0.3) is 0 Å². The minimum atomic E-state index is -0.396. The first kappa shape index (κ1) is 10.8. The maximum absolute atomic E-state index is 10.8. The Morgan fingerprint density at radius 1 is 1.42 bits per heavy atom. The summed E-state index contributed by atoms with van der Waals surface area (Å²) >= 11 is 0. The molecule has 0 saturated carbocycles. The summed E-state index contributed by atoms with van der Waals surface area (Å²) in [4.78, 5) is 10.8. The lowest BCUT2D eigenvalue weighted by molar-refractivity contribution is -0.136. The van der Waals surface area contributed by atoms with Gasteiger partial charge in [0.25, 0.3) is 0 Å². The maximum atomic E-state index is 10.8. The molecule has 0 radical (unpaired) electrons. The molecule has 0 aliphatic carbocycles. The van der Waals surface area contributed by atoms with Gasteiger partial charge in [0.05, 0.1) is 0 Å². The average Bonchev–Trinajstić information content (AvgIpc) is 1.84. The summed E-state index contributed by atoms with van der Waals surface area (Å²) in [5, 5.41) is 0. The molecule has 0 aromatic heterocycles. The zero-order chi connectivity index (χ0) is 9.56. The van der Waals surface area contributed by atoms with E-state index < -0.39 is 5.97 Å². The minimum Gasteiger partial charge on any atom is -0.458 e. The molecule has 2 N–H and O–H groups in total. The van der Waals surface area contributed by atoms with Gasteiger partial charge in [0.15, 0.2) is 0 Å². The zero-order valence-corrected chi connectivity index (χ0v) is 7.76. The second kappa shape index (κ2) is 5.41. The summed E-state index contributed by atoms with van der Waals surface area (Å²) in [5.41, 5.74) is 6.85. The van der Waals surface area contributed by atoms with E-state index in [9.17, 15) is 4.79 Å². The van der Waals surface area contributed by atoms with E-state index in [-0.39, 0.29) is 0 Å². The number of esters is 1. The van der Waals surface area contributed by atoms with Gasteiger partial charge in [-0.3, -0.25) is 0 Å². The number of allylic oxidation sites excluding steroid dienone is 2. The number of hydrogen-bond donors (Lipinski definition) is 1. The van der Waals surface area contributed by atoms with Crippen LogP contribution in [0.2, 0.25) is 0 Å². The Labute approximate surface area is 72.9 Å². The van der Waals surface area contributed by atoms with Crippen molar-refractivity contribution >= 4 is 5.97 Å². The van der Waals surface area contributed by atoms with Crippen molar-refractivity contribution in [3.8, 4) is 0 Å². The molecular weight excluding hydrogens is 154 g/mol. The lowest BCUT2D eigenvalue weighted by Gasteiger charge is -1.97. The molecule has 0 spiro atoms. The fraction of sp³-hybridized carbons (Fsp3) is 0.444. The predicted molar refractivity (Wildman–Crippen MR) is 48.3 cm³/mol.